The first-order valence-corrected chi connectivity index (χ1v) is 11.7. The highest BCUT2D eigenvalue weighted by atomic mass is 16.3. The van der Waals surface area contributed by atoms with E-state index in [2.05, 4.69) is 10.2 Å². The predicted molar refractivity (Wildman–Crippen MR) is 125 cm³/mol. The van der Waals surface area contributed by atoms with Crippen LogP contribution in [0, 0.1) is 11.8 Å². The van der Waals surface area contributed by atoms with E-state index in [1.807, 2.05) is 66.2 Å². The van der Waals surface area contributed by atoms with Crippen LogP contribution < -0.4 is 10.9 Å². The molecule has 32 heavy (non-hydrogen) atoms. The number of amides is 1. The molecular formula is C26H31N3O3. The minimum absolute atomic E-state index is 0.0128. The van der Waals surface area contributed by atoms with Crippen molar-refractivity contribution in [1.29, 1.82) is 0 Å². The number of nitrogens with one attached hydrogen (secondary N) is 1. The summed E-state index contributed by atoms with van der Waals surface area (Å²) in [5.41, 5.74) is 2.62. The van der Waals surface area contributed by atoms with Crippen molar-refractivity contribution in [3.8, 4) is 0 Å². The molecule has 1 aliphatic carbocycles. The lowest BCUT2D eigenvalue weighted by atomic mass is 9.88. The highest BCUT2D eigenvalue weighted by molar-refractivity contribution is 5.83. The minimum atomic E-state index is -0.364. The van der Waals surface area contributed by atoms with Crippen LogP contribution in [0.1, 0.15) is 48.5 Å². The summed E-state index contributed by atoms with van der Waals surface area (Å²) >= 11 is 0. The van der Waals surface area contributed by atoms with Crippen LogP contribution >= 0.6 is 0 Å². The third-order valence-corrected chi connectivity index (χ3v) is 7.61. The van der Waals surface area contributed by atoms with Gasteiger partial charge in [-0.1, -0.05) is 49.2 Å². The molecule has 6 heteroatoms. The number of aromatic nitrogens is 1. The molecule has 2 N–H and O–H groups in total. The van der Waals surface area contributed by atoms with E-state index in [4.69, 9.17) is 0 Å². The Balaban J connectivity index is 1.40. The number of benzene rings is 1. The highest BCUT2D eigenvalue weighted by Gasteiger charge is 2.54. The number of aliphatic hydroxyl groups excluding tert-OH is 1. The van der Waals surface area contributed by atoms with Crippen molar-refractivity contribution in [2.24, 2.45) is 11.8 Å². The number of hydrogen-bond donors (Lipinski definition) is 2. The normalized spacial score (nSPS) is 27.7. The molecule has 0 radical (unpaired) electrons. The third-order valence-electron chi connectivity index (χ3n) is 7.61. The number of pyridine rings is 1. The molecule has 0 bridgehead atoms. The van der Waals surface area contributed by atoms with E-state index in [1.54, 1.807) is 0 Å². The zero-order valence-electron chi connectivity index (χ0n) is 18.5. The number of hydrogen-bond acceptors (Lipinski definition) is 4. The Labute approximate surface area is 188 Å². The van der Waals surface area contributed by atoms with Crippen LogP contribution in [-0.2, 0) is 11.3 Å². The summed E-state index contributed by atoms with van der Waals surface area (Å²) < 4.78 is 1.84. The maximum absolute atomic E-state index is 13.2. The number of fused-ring (bicyclic) bond motifs is 3. The number of aliphatic hydroxyl groups is 1. The molecule has 0 spiro atoms. The predicted octanol–water partition coefficient (Wildman–Crippen LogP) is 2.67. The Morgan fingerprint density at radius 2 is 1.88 bits per heavy atom. The molecule has 2 aliphatic heterocycles. The van der Waals surface area contributed by atoms with E-state index in [0.717, 1.165) is 36.9 Å². The lowest BCUT2D eigenvalue weighted by Crippen LogP contribution is -2.49. The van der Waals surface area contributed by atoms with Gasteiger partial charge < -0.3 is 15.0 Å². The molecule has 3 aliphatic rings. The SMILES string of the molecule is CN1[C@@H]2c3ccc(/C=C/c4ccccc4)c(=O)n3C[C@@H]2[C@@H](CO)[C@@H]1C(=O)NC1CCCC1. The number of likely N-dealkylation sites (N-methyl/N-ethyl adjacent to an activating group) is 1. The zero-order valence-corrected chi connectivity index (χ0v) is 18.5. The molecule has 168 valence electrons. The van der Waals surface area contributed by atoms with E-state index in [0.29, 0.717) is 12.1 Å². The molecule has 1 aromatic heterocycles. The van der Waals surface area contributed by atoms with E-state index in [1.165, 1.54) is 0 Å². The topological polar surface area (TPSA) is 74.6 Å². The summed E-state index contributed by atoms with van der Waals surface area (Å²) in [4.78, 5) is 28.4. The van der Waals surface area contributed by atoms with Crippen LogP contribution in [0.3, 0.4) is 0 Å². The van der Waals surface area contributed by atoms with Gasteiger partial charge in [0.1, 0.15) is 0 Å². The molecule has 2 fully saturated rings. The van der Waals surface area contributed by atoms with Crippen LogP contribution in [0.5, 0.6) is 0 Å². The number of likely N-dealkylation sites (tertiary alicyclic amines) is 1. The van der Waals surface area contributed by atoms with Crippen LogP contribution in [0.15, 0.2) is 47.3 Å². The Kier molecular flexibility index (Phi) is 5.74. The first-order valence-electron chi connectivity index (χ1n) is 11.7. The molecule has 1 amide bonds. The van der Waals surface area contributed by atoms with Crippen molar-refractivity contribution in [2.75, 3.05) is 13.7 Å². The standard InChI is InChI=1S/C26H31N3O3/c1-28-23-20(21(16-30)24(28)25(31)27-19-9-5-6-10-19)15-29-22(23)14-13-18(26(29)32)12-11-17-7-3-2-4-8-17/h2-4,7-8,11-14,19-21,23-24,30H,5-6,9-10,15-16H2,1H3,(H,27,31)/b12-11+/t20-,21-,23+,24-/m1/s1. The maximum atomic E-state index is 13.2. The van der Waals surface area contributed by atoms with Crippen molar-refractivity contribution < 1.29 is 9.90 Å². The summed E-state index contributed by atoms with van der Waals surface area (Å²) in [5, 5.41) is 13.4. The van der Waals surface area contributed by atoms with Gasteiger partial charge in [-0.05, 0) is 43.7 Å². The van der Waals surface area contributed by atoms with Gasteiger partial charge in [0.15, 0.2) is 0 Å². The molecule has 5 rings (SSSR count). The quantitative estimate of drug-likeness (QED) is 0.760. The largest absolute Gasteiger partial charge is 0.396 e. The minimum Gasteiger partial charge on any atom is -0.396 e. The zero-order chi connectivity index (χ0) is 22.2. The van der Waals surface area contributed by atoms with Gasteiger partial charge in [-0.3, -0.25) is 14.5 Å². The highest BCUT2D eigenvalue weighted by Crippen LogP contribution is 2.48. The number of nitrogens with zero attached hydrogens (tertiary/aromatic N) is 2. The van der Waals surface area contributed by atoms with Crippen molar-refractivity contribution in [2.45, 2.75) is 50.4 Å². The van der Waals surface area contributed by atoms with E-state index in [-0.39, 0.29) is 48.0 Å². The van der Waals surface area contributed by atoms with Crippen LogP contribution in [-0.4, -0.2) is 46.2 Å². The fourth-order valence-corrected chi connectivity index (χ4v) is 6.02. The average molecular weight is 434 g/mol. The number of carbonyl (C=O) groups is 1. The molecule has 0 unspecified atom stereocenters. The fraction of sp³-hybridized carbons (Fsp3) is 0.462. The summed E-state index contributed by atoms with van der Waals surface area (Å²) in [6.07, 6.45) is 8.22. The Bertz CT molecular complexity index is 1070. The van der Waals surface area contributed by atoms with Gasteiger partial charge in [0, 0.05) is 42.3 Å². The van der Waals surface area contributed by atoms with Crippen molar-refractivity contribution in [1.82, 2.24) is 14.8 Å². The van der Waals surface area contributed by atoms with Gasteiger partial charge in [-0.15, -0.1) is 0 Å². The van der Waals surface area contributed by atoms with E-state index < -0.39 is 0 Å². The molecule has 6 nitrogen and oxygen atoms in total. The molecule has 1 saturated heterocycles. The summed E-state index contributed by atoms with van der Waals surface area (Å²) in [7, 11) is 1.95. The first kappa shape index (κ1) is 21.2. The Hall–Kier alpha value is -2.70. The van der Waals surface area contributed by atoms with Gasteiger partial charge in [0.2, 0.25) is 5.91 Å². The number of rotatable bonds is 5. The van der Waals surface area contributed by atoms with Gasteiger partial charge in [0.25, 0.3) is 5.56 Å². The molecule has 1 aromatic carbocycles. The summed E-state index contributed by atoms with van der Waals surface area (Å²) in [6, 6.07) is 13.7. The van der Waals surface area contributed by atoms with Crippen LogP contribution in [0.4, 0.5) is 0 Å². The lowest BCUT2D eigenvalue weighted by molar-refractivity contribution is -0.127. The molecule has 1 saturated carbocycles. The Morgan fingerprint density at radius 1 is 1.12 bits per heavy atom. The van der Waals surface area contributed by atoms with Crippen molar-refractivity contribution in [3.63, 3.8) is 0 Å². The smallest absolute Gasteiger partial charge is 0.258 e. The molecule has 3 heterocycles. The van der Waals surface area contributed by atoms with Crippen molar-refractivity contribution >= 4 is 18.1 Å². The molecular weight excluding hydrogens is 402 g/mol. The van der Waals surface area contributed by atoms with Gasteiger partial charge in [-0.25, -0.2) is 0 Å². The van der Waals surface area contributed by atoms with E-state index in [9.17, 15) is 14.7 Å². The summed E-state index contributed by atoms with van der Waals surface area (Å²) in [5.74, 6) is -0.122. The van der Waals surface area contributed by atoms with Gasteiger partial charge in [-0.2, -0.15) is 0 Å². The van der Waals surface area contributed by atoms with Crippen LogP contribution in [0.25, 0.3) is 12.2 Å². The summed E-state index contributed by atoms with van der Waals surface area (Å²) in [6.45, 7) is 0.479. The molecule has 2 aromatic rings. The second-order valence-corrected chi connectivity index (χ2v) is 9.43. The fourth-order valence-electron chi connectivity index (χ4n) is 6.02. The van der Waals surface area contributed by atoms with Gasteiger partial charge >= 0.3 is 0 Å². The van der Waals surface area contributed by atoms with E-state index >= 15 is 0 Å². The monoisotopic (exact) mass is 433 g/mol. The molecule has 4 atom stereocenters. The van der Waals surface area contributed by atoms with Crippen molar-refractivity contribution in [3.05, 3.63) is 69.6 Å². The second kappa shape index (κ2) is 8.68. The average Bonchev–Trinajstić information content (AvgIpc) is 3.50. The number of carbonyl (C=O) groups excluding carboxylic acids is 1. The second-order valence-electron chi connectivity index (χ2n) is 9.43. The first-order chi connectivity index (χ1) is 15.6. The Morgan fingerprint density at radius 3 is 2.59 bits per heavy atom. The lowest BCUT2D eigenvalue weighted by Gasteiger charge is -2.28. The van der Waals surface area contributed by atoms with Gasteiger partial charge in [0.05, 0.1) is 12.1 Å². The van der Waals surface area contributed by atoms with Crippen LogP contribution in [0.2, 0.25) is 0 Å². The third kappa shape index (κ3) is 3.61. The maximum Gasteiger partial charge on any atom is 0.258 e.